The van der Waals surface area contributed by atoms with Crippen LogP contribution in [0.5, 0.6) is 0 Å². The number of amides is 1. The highest BCUT2D eigenvalue weighted by atomic mass is 16.5. The number of rotatable bonds is 5. The number of carbonyl (C=O) groups is 2. The Hall–Kier alpha value is -1.88. The third-order valence-electron chi connectivity index (χ3n) is 3.14. The van der Waals surface area contributed by atoms with E-state index in [0.717, 1.165) is 12.8 Å². The second-order valence-electron chi connectivity index (χ2n) is 4.67. The molecule has 0 spiro atoms. The van der Waals surface area contributed by atoms with Gasteiger partial charge in [0.25, 0.3) is 0 Å². The molecule has 1 saturated carbocycles. The molecular weight excluding hydrogens is 244 g/mol. The summed E-state index contributed by atoms with van der Waals surface area (Å²) in [5.41, 5.74) is 1.83. The normalized spacial score (nSPS) is 14.0. The number of esters is 1. The number of hydrogen-bond acceptors (Lipinski definition) is 4. The number of ether oxygens (including phenoxy) is 1. The van der Waals surface area contributed by atoms with Crippen molar-refractivity contribution >= 4 is 17.6 Å². The SMILES string of the molecule is COC(=O)c1cccc(NC(=O)CNC2CC2)c1C. The smallest absolute Gasteiger partial charge is 0.338 e. The number of carbonyl (C=O) groups excluding carboxylic acids is 2. The van der Waals surface area contributed by atoms with E-state index in [0.29, 0.717) is 29.4 Å². The molecule has 102 valence electrons. The minimum atomic E-state index is -0.398. The lowest BCUT2D eigenvalue weighted by Crippen LogP contribution is -2.29. The second-order valence-corrected chi connectivity index (χ2v) is 4.67. The first-order valence-corrected chi connectivity index (χ1v) is 6.33. The van der Waals surface area contributed by atoms with E-state index in [2.05, 4.69) is 10.6 Å². The van der Waals surface area contributed by atoms with E-state index >= 15 is 0 Å². The van der Waals surface area contributed by atoms with Crippen LogP contribution in [0, 0.1) is 6.92 Å². The van der Waals surface area contributed by atoms with Crippen molar-refractivity contribution in [3.05, 3.63) is 29.3 Å². The second kappa shape index (κ2) is 5.84. The molecule has 1 aliphatic rings. The molecule has 0 aromatic heterocycles. The topological polar surface area (TPSA) is 67.4 Å². The van der Waals surface area contributed by atoms with E-state index in [1.807, 2.05) is 0 Å². The predicted octanol–water partition coefficient (Wildman–Crippen LogP) is 1.47. The Kier molecular flexibility index (Phi) is 4.16. The number of hydrogen-bond donors (Lipinski definition) is 2. The molecule has 2 rings (SSSR count). The molecule has 1 amide bonds. The lowest BCUT2D eigenvalue weighted by molar-refractivity contribution is -0.115. The quantitative estimate of drug-likeness (QED) is 0.789. The van der Waals surface area contributed by atoms with Crippen LogP contribution in [0.15, 0.2) is 18.2 Å². The number of anilines is 1. The molecular formula is C14H18N2O3. The van der Waals surface area contributed by atoms with Gasteiger partial charge in [-0.3, -0.25) is 4.79 Å². The van der Waals surface area contributed by atoms with E-state index in [1.165, 1.54) is 7.11 Å². The standard InChI is InChI=1S/C14H18N2O3/c1-9-11(14(18)19-2)4-3-5-12(9)16-13(17)8-15-10-6-7-10/h3-5,10,15H,6-8H2,1-2H3,(H,16,17). The van der Waals surface area contributed by atoms with Crippen molar-refractivity contribution in [3.63, 3.8) is 0 Å². The molecule has 0 saturated heterocycles. The van der Waals surface area contributed by atoms with Gasteiger partial charge in [-0.05, 0) is 37.5 Å². The minimum absolute atomic E-state index is 0.1000. The monoisotopic (exact) mass is 262 g/mol. The van der Waals surface area contributed by atoms with Gasteiger partial charge in [0.15, 0.2) is 0 Å². The maximum atomic E-state index is 11.8. The Morgan fingerprint density at radius 1 is 1.37 bits per heavy atom. The van der Waals surface area contributed by atoms with Gasteiger partial charge in [0, 0.05) is 11.7 Å². The summed E-state index contributed by atoms with van der Waals surface area (Å²) in [6, 6.07) is 5.67. The highest BCUT2D eigenvalue weighted by Crippen LogP contribution is 2.20. The zero-order valence-electron chi connectivity index (χ0n) is 11.2. The molecule has 0 heterocycles. The Labute approximate surface area is 112 Å². The molecule has 0 unspecified atom stereocenters. The Morgan fingerprint density at radius 3 is 2.74 bits per heavy atom. The molecule has 0 radical (unpaired) electrons. The van der Waals surface area contributed by atoms with E-state index in [4.69, 9.17) is 4.74 Å². The fourth-order valence-electron chi connectivity index (χ4n) is 1.82. The maximum Gasteiger partial charge on any atom is 0.338 e. The molecule has 2 N–H and O–H groups in total. The highest BCUT2D eigenvalue weighted by Gasteiger charge is 2.21. The van der Waals surface area contributed by atoms with Crippen LogP contribution >= 0.6 is 0 Å². The Morgan fingerprint density at radius 2 is 2.11 bits per heavy atom. The molecule has 1 aliphatic carbocycles. The van der Waals surface area contributed by atoms with Crippen LogP contribution in [0.2, 0.25) is 0 Å². The van der Waals surface area contributed by atoms with Gasteiger partial charge >= 0.3 is 5.97 Å². The van der Waals surface area contributed by atoms with Crippen LogP contribution < -0.4 is 10.6 Å². The number of methoxy groups -OCH3 is 1. The van der Waals surface area contributed by atoms with E-state index < -0.39 is 5.97 Å². The summed E-state index contributed by atoms with van der Waals surface area (Å²) in [7, 11) is 1.34. The summed E-state index contributed by atoms with van der Waals surface area (Å²) in [5.74, 6) is -0.498. The number of benzene rings is 1. The van der Waals surface area contributed by atoms with Crippen LogP contribution in [0.25, 0.3) is 0 Å². The van der Waals surface area contributed by atoms with Crippen LogP contribution in [0.3, 0.4) is 0 Å². The average molecular weight is 262 g/mol. The van der Waals surface area contributed by atoms with E-state index in [1.54, 1.807) is 25.1 Å². The molecule has 5 nitrogen and oxygen atoms in total. The van der Waals surface area contributed by atoms with Gasteiger partial charge in [-0.2, -0.15) is 0 Å². The average Bonchev–Trinajstić information content (AvgIpc) is 3.22. The van der Waals surface area contributed by atoms with Crippen molar-refractivity contribution in [1.29, 1.82) is 0 Å². The fraction of sp³-hybridized carbons (Fsp3) is 0.429. The van der Waals surface area contributed by atoms with Crippen molar-refractivity contribution in [1.82, 2.24) is 5.32 Å². The first kappa shape index (κ1) is 13.5. The zero-order chi connectivity index (χ0) is 13.8. The third-order valence-corrected chi connectivity index (χ3v) is 3.14. The third kappa shape index (κ3) is 3.54. The molecule has 0 bridgehead atoms. The van der Waals surface area contributed by atoms with Gasteiger partial charge in [0.2, 0.25) is 5.91 Å². The van der Waals surface area contributed by atoms with Gasteiger partial charge in [-0.25, -0.2) is 4.79 Å². The summed E-state index contributed by atoms with van der Waals surface area (Å²) >= 11 is 0. The van der Waals surface area contributed by atoms with Crippen LogP contribution in [-0.4, -0.2) is 31.6 Å². The van der Waals surface area contributed by atoms with Gasteiger partial charge in [-0.15, -0.1) is 0 Å². The number of nitrogens with one attached hydrogen (secondary N) is 2. The lowest BCUT2D eigenvalue weighted by Gasteiger charge is -2.11. The molecule has 1 fully saturated rings. The van der Waals surface area contributed by atoms with Crippen molar-refractivity contribution in [3.8, 4) is 0 Å². The van der Waals surface area contributed by atoms with Crippen LogP contribution in [0.4, 0.5) is 5.69 Å². The summed E-state index contributed by atoms with van der Waals surface area (Å²) in [6.45, 7) is 2.09. The molecule has 5 heteroatoms. The summed E-state index contributed by atoms with van der Waals surface area (Å²) < 4.78 is 4.70. The van der Waals surface area contributed by atoms with Crippen molar-refractivity contribution in [2.24, 2.45) is 0 Å². The first-order chi connectivity index (χ1) is 9.11. The van der Waals surface area contributed by atoms with Crippen LogP contribution in [0.1, 0.15) is 28.8 Å². The van der Waals surface area contributed by atoms with Gasteiger partial charge in [-0.1, -0.05) is 6.07 Å². The molecule has 19 heavy (non-hydrogen) atoms. The Bertz CT molecular complexity index is 495. The first-order valence-electron chi connectivity index (χ1n) is 6.33. The zero-order valence-corrected chi connectivity index (χ0v) is 11.2. The largest absolute Gasteiger partial charge is 0.465 e. The van der Waals surface area contributed by atoms with E-state index in [-0.39, 0.29) is 5.91 Å². The molecule has 0 aliphatic heterocycles. The summed E-state index contributed by atoms with van der Waals surface area (Å²) in [6.07, 6.45) is 2.29. The van der Waals surface area contributed by atoms with Gasteiger partial charge in [0.1, 0.15) is 0 Å². The molecule has 1 aromatic rings. The fourth-order valence-corrected chi connectivity index (χ4v) is 1.82. The summed E-state index contributed by atoms with van der Waals surface area (Å²) in [4.78, 5) is 23.3. The molecule has 1 aromatic carbocycles. The summed E-state index contributed by atoms with van der Waals surface area (Å²) in [5, 5.41) is 5.94. The van der Waals surface area contributed by atoms with Crippen LogP contribution in [-0.2, 0) is 9.53 Å². The van der Waals surface area contributed by atoms with Gasteiger partial charge in [0.05, 0.1) is 19.2 Å². The Balaban J connectivity index is 2.02. The van der Waals surface area contributed by atoms with E-state index in [9.17, 15) is 9.59 Å². The van der Waals surface area contributed by atoms with Crippen molar-refractivity contribution in [2.75, 3.05) is 19.0 Å². The lowest BCUT2D eigenvalue weighted by atomic mass is 10.1. The van der Waals surface area contributed by atoms with Crippen molar-refractivity contribution in [2.45, 2.75) is 25.8 Å². The van der Waals surface area contributed by atoms with Crippen molar-refractivity contribution < 1.29 is 14.3 Å². The predicted molar refractivity (Wildman–Crippen MR) is 72.2 cm³/mol. The minimum Gasteiger partial charge on any atom is -0.465 e. The highest BCUT2D eigenvalue weighted by molar-refractivity contribution is 5.97. The van der Waals surface area contributed by atoms with Gasteiger partial charge < -0.3 is 15.4 Å². The maximum absolute atomic E-state index is 11.8. The molecule has 0 atom stereocenters.